The molecule has 0 N–H and O–H groups in total. The van der Waals surface area contributed by atoms with Gasteiger partial charge in [0.05, 0.1) is 16.8 Å². The van der Waals surface area contributed by atoms with Crippen molar-refractivity contribution in [2.75, 3.05) is 14.7 Å². The van der Waals surface area contributed by atoms with Gasteiger partial charge >= 0.3 is 0 Å². The van der Waals surface area contributed by atoms with E-state index < -0.39 is 5.54 Å². The number of benzene rings is 9. The summed E-state index contributed by atoms with van der Waals surface area (Å²) in [5, 5.41) is 2.52. The predicted octanol–water partition coefficient (Wildman–Crippen LogP) is 18.7. The maximum atomic E-state index is 2.95. The third kappa shape index (κ3) is 6.96. The molecule has 3 nitrogen and oxygen atoms in total. The van der Waals surface area contributed by atoms with E-state index in [1.807, 2.05) is 0 Å². The number of fused-ring (bicyclic) bond motifs is 13. The number of anilines is 7. The van der Waals surface area contributed by atoms with Crippen molar-refractivity contribution in [3.05, 3.63) is 215 Å². The molecule has 6 aliphatic rings. The van der Waals surface area contributed by atoms with Crippen LogP contribution in [0.3, 0.4) is 0 Å². The number of rotatable bonds is 4. The van der Waals surface area contributed by atoms with Crippen LogP contribution in [0.5, 0.6) is 0 Å². The molecule has 4 heteroatoms. The summed E-state index contributed by atoms with van der Waals surface area (Å²) in [4.78, 5) is 8.57. The van der Waals surface area contributed by atoms with Gasteiger partial charge in [-0.2, -0.15) is 0 Å². The normalized spacial score (nSPS) is 23.0. The molecule has 1 fully saturated rings. The summed E-state index contributed by atoms with van der Waals surface area (Å²) in [6, 6.07) is 69.9. The van der Waals surface area contributed by atoms with Crippen molar-refractivity contribution in [2.24, 2.45) is 0 Å². The minimum atomic E-state index is -0.396. The number of hydrogen-bond acceptors (Lipinski definition) is 3. The van der Waals surface area contributed by atoms with Crippen LogP contribution in [0.25, 0.3) is 33.0 Å². The van der Waals surface area contributed by atoms with E-state index >= 15 is 0 Å². The lowest BCUT2D eigenvalue weighted by molar-refractivity contribution is 0.195. The molecule has 410 valence electrons. The van der Waals surface area contributed by atoms with Crippen molar-refractivity contribution >= 4 is 73.7 Å². The van der Waals surface area contributed by atoms with E-state index in [4.69, 9.17) is 0 Å². The van der Waals surface area contributed by atoms with Crippen LogP contribution in [0.2, 0.25) is 0 Å². The lowest BCUT2D eigenvalue weighted by Crippen LogP contribution is -2.64. The fourth-order valence-electron chi connectivity index (χ4n) is 16.9. The molecule has 15 rings (SSSR count). The largest absolute Gasteiger partial charge is 0.334 e. The molecule has 0 bridgehead atoms. The highest BCUT2D eigenvalue weighted by molar-refractivity contribution is 7.00. The molecule has 0 aromatic heterocycles. The van der Waals surface area contributed by atoms with Crippen LogP contribution in [0.4, 0.5) is 39.8 Å². The van der Waals surface area contributed by atoms with Gasteiger partial charge in [0, 0.05) is 50.5 Å². The molecule has 2 aliphatic carbocycles. The number of hydrogen-bond donors (Lipinski definition) is 0. The minimum Gasteiger partial charge on any atom is -0.334 e. The molecule has 9 aromatic rings. The Bertz CT molecular complexity index is 4170. The van der Waals surface area contributed by atoms with Crippen LogP contribution in [-0.2, 0) is 39.0 Å². The molecule has 9 aromatic carbocycles. The maximum Gasteiger partial charge on any atom is 0.252 e. The Morgan fingerprint density at radius 3 is 1.80 bits per heavy atom. The summed E-state index contributed by atoms with van der Waals surface area (Å²) in [5.41, 5.74) is 27.5. The highest BCUT2D eigenvalue weighted by Gasteiger charge is 2.64. The molecular weight excluding hydrogens is 990 g/mol. The molecule has 0 spiro atoms. The lowest BCUT2D eigenvalue weighted by Gasteiger charge is -2.54. The van der Waals surface area contributed by atoms with Crippen molar-refractivity contribution in [3.63, 3.8) is 0 Å². The molecule has 4 atom stereocenters. The van der Waals surface area contributed by atoms with Crippen LogP contribution in [0.1, 0.15) is 161 Å². The van der Waals surface area contributed by atoms with Crippen LogP contribution in [0, 0.1) is 0 Å². The standard InChI is InChI=1S/C78H80BN3/c1-72(2,3)55-32-35-65(59(43-55)54-30-29-50-25-17-18-27-52(50)41-54)80-67-36-33-56(73(4,5)6)45-63(67)79-64-46-57(74(7,8)9)44-62-71(64)82(78(13)60-28-20-19-26-51(60)37-40-76(62,78)11)69-48-58(47-68(80)70(69)79)81-66-34-31-53(49-23-15-14-16-24-49)42-61(66)75(10)38-21-22-39-77(75,81)12/h14-20,23-36,41-48H,21-22,37-40H2,1-13H3. The number of aryl methyl sites for hydroxylation is 1. The monoisotopic (exact) mass is 1070 g/mol. The van der Waals surface area contributed by atoms with Gasteiger partial charge in [-0.3, -0.25) is 0 Å². The van der Waals surface area contributed by atoms with Gasteiger partial charge in [0.2, 0.25) is 0 Å². The highest BCUT2D eigenvalue weighted by atomic mass is 15.3. The second kappa shape index (κ2) is 17.2. The average molecular weight is 1070 g/mol. The summed E-state index contributed by atoms with van der Waals surface area (Å²) in [7, 11) is 0. The molecular formula is C78H80BN3. The quantitative estimate of drug-likeness (QED) is 0.163. The van der Waals surface area contributed by atoms with Crippen LogP contribution < -0.4 is 31.1 Å². The molecule has 4 unspecified atom stereocenters. The van der Waals surface area contributed by atoms with Crippen LogP contribution >= 0.6 is 0 Å². The summed E-state index contributed by atoms with van der Waals surface area (Å²) in [6.45, 7) is 32.1. The van der Waals surface area contributed by atoms with Crippen molar-refractivity contribution in [3.8, 4) is 22.3 Å². The summed E-state index contributed by atoms with van der Waals surface area (Å²) >= 11 is 0. The highest BCUT2D eigenvalue weighted by Crippen LogP contribution is 2.67. The second-order valence-electron chi connectivity index (χ2n) is 29.6. The summed E-state index contributed by atoms with van der Waals surface area (Å²) in [6.07, 6.45) is 6.85. The van der Waals surface area contributed by atoms with E-state index in [0.717, 1.165) is 25.7 Å². The Labute approximate surface area is 489 Å². The van der Waals surface area contributed by atoms with E-state index in [1.165, 1.54) is 141 Å². The smallest absolute Gasteiger partial charge is 0.252 e. The Kier molecular flexibility index (Phi) is 10.8. The van der Waals surface area contributed by atoms with Gasteiger partial charge in [-0.1, -0.05) is 216 Å². The topological polar surface area (TPSA) is 9.72 Å². The van der Waals surface area contributed by atoms with Crippen LogP contribution in [-0.4, -0.2) is 12.3 Å². The third-order valence-corrected chi connectivity index (χ3v) is 22.1. The first-order valence-corrected chi connectivity index (χ1v) is 30.9. The fraction of sp³-hybridized carbons (Fsp3) is 0.333. The van der Waals surface area contributed by atoms with E-state index in [1.54, 1.807) is 0 Å². The zero-order valence-electron chi connectivity index (χ0n) is 50.9. The first-order valence-electron chi connectivity index (χ1n) is 30.9. The maximum absolute atomic E-state index is 2.95. The molecule has 0 saturated heterocycles. The van der Waals surface area contributed by atoms with E-state index in [9.17, 15) is 0 Å². The van der Waals surface area contributed by atoms with Gasteiger partial charge in [0.25, 0.3) is 6.71 Å². The van der Waals surface area contributed by atoms with Gasteiger partial charge in [-0.25, -0.2) is 0 Å². The van der Waals surface area contributed by atoms with E-state index in [0.29, 0.717) is 0 Å². The molecule has 4 aliphatic heterocycles. The Balaban J connectivity index is 1.10. The van der Waals surface area contributed by atoms with E-state index in [-0.39, 0.29) is 39.3 Å². The molecule has 0 amide bonds. The van der Waals surface area contributed by atoms with Crippen molar-refractivity contribution in [1.29, 1.82) is 0 Å². The fourth-order valence-corrected chi connectivity index (χ4v) is 16.9. The zero-order valence-corrected chi connectivity index (χ0v) is 50.9. The Morgan fingerprint density at radius 2 is 1.05 bits per heavy atom. The number of nitrogens with zero attached hydrogens (tertiary/aromatic N) is 3. The van der Waals surface area contributed by atoms with Crippen LogP contribution in [0.15, 0.2) is 176 Å². The van der Waals surface area contributed by atoms with E-state index in [2.05, 4.69) is 281 Å². The zero-order chi connectivity index (χ0) is 56.8. The first kappa shape index (κ1) is 51.6. The van der Waals surface area contributed by atoms with Gasteiger partial charge in [-0.05, 0) is 187 Å². The Morgan fingerprint density at radius 1 is 0.415 bits per heavy atom. The van der Waals surface area contributed by atoms with Crippen molar-refractivity contribution in [1.82, 2.24) is 0 Å². The average Bonchev–Trinajstić information content (AvgIpc) is 4.07. The predicted molar refractivity (Wildman–Crippen MR) is 351 cm³/mol. The van der Waals surface area contributed by atoms with Gasteiger partial charge in [0.1, 0.15) is 0 Å². The first-order chi connectivity index (χ1) is 39.0. The van der Waals surface area contributed by atoms with Crippen molar-refractivity contribution < 1.29 is 0 Å². The Hall–Kier alpha value is -7.30. The van der Waals surface area contributed by atoms with Gasteiger partial charge in [0.15, 0.2) is 0 Å². The SMILES string of the molecule is CC(C)(C)c1ccc2c(c1)B1c3cc(C(C)(C)C)cc4c3N(c3cc(N5c6ccc(-c7ccccc7)cc6C6(C)CCCCC56C)cc(c31)N2c1ccc(C(C)(C)C)cc1-c1ccc2ccccc2c1)C1(C)c2ccccc2CCC41C. The molecule has 1 saturated carbocycles. The second-order valence-corrected chi connectivity index (χ2v) is 29.6. The summed E-state index contributed by atoms with van der Waals surface area (Å²) in [5.74, 6) is 0. The van der Waals surface area contributed by atoms with Crippen molar-refractivity contribution in [2.45, 2.75) is 167 Å². The minimum absolute atomic E-state index is 0.0182. The molecule has 4 heterocycles. The van der Waals surface area contributed by atoms with Gasteiger partial charge in [-0.15, -0.1) is 0 Å². The molecule has 0 radical (unpaired) electrons. The summed E-state index contributed by atoms with van der Waals surface area (Å²) < 4.78 is 0. The third-order valence-electron chi connectivity index (χ3n) is 22.1. The molecule has 82 heavy (non-hydrogen) atoms. The van der Waals surface area contributed by atoms with Gasteiger partial charge < -0.3 is 14.7 Å². The lowest BCUT2D eigenvalue weighted by atomic mass is 9.33.